The first-order valence-corrected chi connectivity index (χ1v) is 4.76. The molecule has 4 heteroatoms. The van der Waals surface area contributed by atoms with Crippen LogP contribution in [-0.4, -0.2) is 17.5 Å². The maximum atomic E-state index is 11.5. The second kappa shape index (κ2) is 2.72. The van der Waals surface area contributed by atoms with E-state index in [0.717, 1.165) is 25.7 Å². The SMILES string of the molecule is CC1CCC[C@@]2(C1)NC(=O)NC2=O. The first kappa shape index (κ1) is 8.53. The molecule has 0 radical (unpaired) electrons. The summed E-state index contributed by atoms with van der Waals surface area (Å²) in [5.41, 5.74) is -0.575. The summed E-state index contributed by atoms with van der Waals surface area (Å²) in [6, 6.07) is -0.334. The third kappa shape index (κ3) is 1.30. The van der Waals surface area contributed by atoms with Crippen molar-refractivity contribution < 1.29 is 9.59 Å². The minimum Gasteiger partial charge on any atom is -0.323 e. The van der Waals surface area contributed by atoms with E-state index in [1.54, 1.807) is 0 Å². The number of imide groups is 1. The van der Waals surface area contributed by atoms with Crippen LogP contribution in [0.4, 0.5) is 4.79 Å². The zero-order valence-corrected chi connectivity index (χ0v) is 7.72. The number of nitrogens with one attached hydrogen (secondary N) is 2. The standard InChI is InChI=1S/C9H14N2O2/c1-6-3-2-4-9(5-6)7(12)10-8(13)11-9/h6H,2-5H2,1H3,(H2,10,11,12,13)/t6?,9-/m0/s1. The van der Waals surface area contributed by atoms with Crippen molar-refractivity contribution in [2.75, 3.05) is 0 Å². The van der Waals surface area contributed by atoms with Crippen LogP contribution in [0.1, 0.15) is 32.6 Å². The van der Waals surface area contributed by atoms with Crippen molar-refractivity contribution in [1.82, 2.24) is 10.6 Å². The Morgan fingerprint density at radius 3 is 2.77 bits per heavy atom. The van der Waals surface area contributed by atoms with Gasteiger partial charge in [0.1, 0.15) is 5.54 Å². The van der Waals surface area contributed by atoms with Gasteiger partial charge in [0, 0.05) is 0 Å². The fourth-order valence-electron chi connectivity index (χ4n) is 2.40. The van der Waals surface area contributed by atoms with Crippen molar-refractivity contribution in [3.05, 3.63) is 0 Å². The summed E-state index contributed by atoms with van der Waals surface area (Å²) in [6.45, 7) is 2.12. The molecule has 1 aliphatic heterocycles. The molecule has 1 unspecified atom stereocenters. The first-order valence-electron chi connectivity index (χ1n) is 4.76. The van der Waals surface area contributed by atoms with Gasteiger partial charge in [0.15, 0.2) is 0 Å². The number of hydrogen-bond donors (Lipinski definition) is 2. The van der Waals surface area contributed by atoms with Gasteiger partial charge in [-0.25, -0.2) is 4.79 Å². The molecule has 2 aliphatic rings. The number of urea groups is 1. The summed E-state index contributed by atoms with van der Waals surface area (Å²) in [5, 5.41) is 5.06. The largest absolute Gasteiger partial charge is 0.323 e. The maximum Gasteiger partial charge on any atom is 0.322 e. The highest BCUT2D eigenvalue weighted by Crippen LogP contribution is 2.33. The zero-order chi connectivity index (χ0) is 9.47. The normalized spacial score (nSPS) is 39.0. The summed E-state index contributed by atoms with van der Waals surface area (Å²) in [6.07, 6.45) is 3.75. The van der Waals surface area contributed by atoms with E-state index in [0.29, 0.717) is 5.92 Å². The highest BCUT2D eigenvalue weighted by Gasteiger charge is 2.47. The molecule has 1 heterocycles. The molecule has 0 aromatic rings. The van der Waals surface area contributed by atoms with Crippen molar-refractivity contribution in [3.8, 4) is 0 Å². The molecule has 4 nitrogen and oxygen atoms in total. The number of rotatable bonds is 0. The van der Waals surface area contributed by atoms with E-state index in [9.17, 15) is 9.59 Å². The molecular formula is C9H14N2O2. The number of hydrogen-bond acceptors (Lipinski definition) is 2. The van der Waals surface area contributed by atoms with Gasteiger partial charge in [-0.3, -0.25) is 10.1 Å². The molecule has 1 aliphatic carbocycles. The molecule has 2 N–H and O–H groups in total. The van der Waals surface area contributed by atoms with Crippen LogP contribution in [0.5, 0.6) is 0 Å². The van der Waals surface area contributed by atoms with E-state index in [-0.39, 0.29) is 11.9 Å². The Hall–Kier alpha value is -1.06. The van der Waals surface area contributed by atoms with Crippen LogP contribution >= 0.6 is 0 Å². The summed E-state index contributed by atoms with van der Waals surface area (Å²) < 4.78 is 0. The van der Waals surface area contributed by atoms with Crippen molar-refractivity contribution in [3.63, 3.8) is 0 Å². The van der Waals surface area contributed by atoms with Gasteiger partial charge >= 0.3 is 6.03 Å². The van der Waals surface area contributed by atoms with Gasteiger partial charge in [0.2, 0.25) is 0 Å². The molecule has 1 spiro atoms. The van der Waals surface area contributed by atoms with Crippen LogP contribution in [-0.2, 0) is 4.79 Å². The molecule has 2 fully saturated rings. The van der Waals surface area contributed by atoms with Crippen LogP contribution in [0.3, 0.4) is 0 Å². The van der Waals surface area contributed by atoms with E-state index in [1.165, 1.54) is 0 Å². The average Bonchev–Trinajstić information content (AvgIpc) is 2.26. The molecule has 2 atom stereocenters. The zero-order valence-electron chi connectivity index (χ0n) is 7.72. The van der Waals surface area contributed by atoms with Gasteiger partial charge in [-0.1, -0.05) is 19.8 Å². The van der Waals surface area contributed by atoms with Crippen LogP contribution in [0.2, 0.25) is 0 Å². The third-order valence-corrected chi connectivity index (χ3v) is 3.01. The second-order valence-corrected chi connectivity index (χ2v) is 4.19. The molecule has 72 valence electrons. The summed E-state index contributed by atoms with van der Waals surface area (Å²) >= 11 is 0. The Morgan fingerprint density at radius 2 is 2.23 bits per heavy atom. The third-order valence-electron chi connectivity index (χ3n) is 3.01. The van der Waals surface area contributed by atoms with Crippen molar-refractivity contribution >= 4 is 11.9 Å². The van der Waals surface area contributed by atoms with Crippen molar-refractivity contribution in [2.45, 2.75) is 38.1 Å². The highest BCUT2D eigenvalue weighted by molar-refractivity contribution is 6.07. The minimum atomic E-state index is -0.575. The molecular weight excluding hydrogens is 168 g/mol. The molecule has 3 amide bonds. The quantitative estimate of drug-likeness (QED) is 0.544. The van der Waals surface area contributed by atoms with Crippen LogP contribution < -0.4 is 10.6 Å². The number of carbonyl (C=O) groups is 2. The highest BCUT2D eigenvalue weighted by atomic mass is 16.2. The fraction of sp³-hybridized carbons (Fsp3) is 0.778. The lowest BCUT2D eigenvalue weighted by molar-refractivity contribution is -0.125. The molecule has 1 saturated carbocycles. The Labute approximate surface area is 77.1 Å². The Bertz CT molecular complexity index is 264. The molecule has 0 aromatic carbocycles. The Balaban J connectivity index is 2.19. The molecule has 2 rings (SSSR count). The average molecular weight is 182 g/mol. The summed E-state index contributed by atoms with van der Waals surface area (Å²) in [7, 11) is 0. The van der Waals surface area contributed by atoms with E-state index in [4.69, 9.17) is 0 Å². The second-order valence-electron chi connectivity index (χ2n) is 4.19. The molecule has 1 saturated heterocycles. The van der Waals surface area contributed by atoms with Crippen LogP contribution in [0.25, 0.3) is 0 Å². The molecule has 0 aromatic heterocycles. The lowest BCUT2D eigenvalue weighted by atomic mass is 9.76. The Morgan fingerprint density at radius 1 is 1.46 bits per heavy atom. The van der Waals surface area contributed by atoms with Crippen molar-refractivity contribution in [2.24, 2.45) is 5.92 Å². The van der Waals surface area contributed by atoms with Crippen molar-refractivity contribution in [1.29, 1.82) is 0 Å². The molecule has 13 heavy (non-hydrogen) atoms. The van der Waals surface area contributed by atoms with Gasteiger partial charge in [0.05, 0.1) is 0 Å². The summed E-state index contributed by atoms with van der Waals surface area (Å²) in [5.74, 6) is 0.391. The van der Waals surface area contributed by atoms with E-state index >= 15 is 0 Å². The smallest absolute Gasteiger partial charge is 0.322 e. The van der Waals surface area contributed by atoms with Crippen LogP contribution in [0.15, 0.2) is 0 Å². The first-order chi connectivity index (χ1) is 6.12. The Kier molecular flexibility index (Phi) is 1.78. The van der Waals surface area contributed by atoms with Gasteiger partial charge in [-0.2, -0.15) is 0 Å². The van der Waals surface area contributed by atoms with E-state index in [2.05, 4.69) is 17.6 Å². The molecule has 0 bridgehead atoms. The van der Waals surface area contributed by atoms with Gasteiger partial charge in [-0.05, 0) is 18.8 Å². The van der Waals surface area contributed by atoms with Crippen LogP contribution in [0, 0.1) is 5.92 Å². The fourth-order valence-corrected chi connectivity index (χ4v) is 2.40. The monoisotopic (exact) mass is 182 g/mol. The van der Waals surface area contributed by atoms with Gasteiger partial charge < -0.3 is 5.32 Å². The predicted molar refractivity (Wildman–Crippen MR) is 47.0 cm³/mol. The number of carbonyl (C=O) groups excluding carboxylic acids is 2. The van der Waals surface area contributed by atoms with Gasteiger partial charge in [0.25, 0.3) is 5.91 Å². The predicted octanol–water partition coefficient (Wildman–Crippen LogP) is 0.775. The lowest BCUT2D eigenvalue weighted by Gasteiger charge is -2.33. The van der Waals surface area contributed by atoms with E-state index < -0.39 is 5.54 Å². The lowest BCUT2D eigenvalue weighted by Crippen LogP contribution is -2.49. The maximum absolute atomic E-state index is 11.5. The number of amides is 3. The summed E-state index contributed by atoms with van der Waals surface area (Å²) in [4.78, 5) is 22.5. The minimum absolute atomic E-state index is 0.135. The topological polar surface area (TPSA) is 58.2 Å². The van der Waals surface area contributed by atoms with E-state index in [1.807, 2.05) is 0 Å². The van der Waals surface area contributed by atoms with Gasteiger partial charge in [-0.15, -0.1) is 0 Å².